The monoisotopic (exact) mass is 189 g/mol. The first-order valence-electron chi connectivity index (χ1n) is 4.64. The van der Waals surface area contributed by atoms with Gasteiger partial charge in [-0.1, -0.05) is 18.2 Å². The Labute approximate surface area is 84.7 Å². The van der Waals surface area contributed by atoms with Gasteiger partial charge in [0.05, 0.1) is 11.6 Å². The molecule has 74 valence electrons. The molecule has 0 aliphatic rings. The van der Waals surface area contributed by atoms with Crippen LogP contribution < -0.4 is 5.73 Å². The number of nitrogens with zero attached hydrogens (tertiary/aromatic N) is 2. The van der Waals surface area contributed by atoms with Crippen molar-refractivity contribution in [2.24, 2.45) is 5.73 Å². The molecule has 2 N–H and O–H groups in total. The van der Waals surface area contributed by atoms with Crippen LogP contribution in [0.15, 0.2) is 24.3 Å². The van der Waals surface area contributed by atoms with E-state index in [-0.39, 0.29) is 0 Å². The summed E-state index contributed by atoms with van der Waals surface area (Å²) < 4.78 is 0. The lowest BCUT2D eigenvalue weighted by molar-refractivity contribution is 0.336. The second-order valence-corrected chi connectivity index (χ2v) is 3.30. The van der Waals surface area contributed by atoms with Crippen LogP contribution in [0.3, 0.4) is 0 Å². The minimum atomic E-state index is 0.644. The number of benzene rings is 1. The Morgan fingerprint density at radius 3 is 2.79 bits per heavy atom. The molecule has 0 heterocycles. The van der Waals surface area contributed by atoms with Gasteiger partial charge in [0.15, 0.2) is 0 Å². The molecule has 0 saturated carbocycles. The molecule has 0 aliphatic carbocycles. The first-order chi connectivity index (χ1) is 6.77. The Balaban J connectivity index is 2.71. The zero-order valence-corrected chi connectivity index (χ0v) is 8.40. The van der Waals surface area contributed by atoms with Gasteiger partial charge >= 0.3 is 0 Å². The minimum Gasteiger partial charge on any atom is -0.329 e. The van der Waals surface area contributed by atoms with E-state index in [0.717, 1.165) is 24.2 Å². The predicted octanol–water partition coefficient (Wildman–Crippen LogP) is 0.949. The van der Waals surface area contributed by atoms with Gasteiger partial charge in [-0.25, -0.2) is 0 Å². The second kappa shape index (κ2) is 5.38. The van der Waals surface area contributed by atoms with Crippen molar-refractivity contribution in [3.63, 3.8) is 0 Å². The first-order valence-corrected chi connectivity index (χ1v) is 4.64. The van der Waals surface area contributed by atoms with E-state index in [0.29, 0.717) is 6.54 Å². The summed E-state index contributed by atoms with van der Waals surface area (Å²) in [5.74, 6) is 0. The van der Waals surface area contributed by atoms with Crippen LogP contribution in [0.25, 0.3) is 0 Å². The van der Waals surface area contributed by atoms with Crippen molar-refractivity contribution in [2.45, 2.75) is 6.54 Å². The molecule has 0 atom stereocenters. The summed E-state index contributed by atoms with van der Waals surface area (Å²) in [5, 5.41) is 8.87. The van der Waals surface area contributed by atoms with E-state index in [1.54, 1.807) is 0 Å². The van der Waals surface area contributed by atoms with Crippen LogP contribution in [0.4, 0.5) is 0 Å². The molecule has 0 aromatic heterocycles. The third-order valence-corrected chi connectivity index (χ3v) is 2.09. The molecule has 1 aromatic rings. The van der Waals surface area contributed by atoms with Crippen LogP contribution in [-0.2, 0) is 6.54 Å². The normalized spacial score (nSPS) is 10.1. The van der Waals surface area contributed by atoms with Gasteiger partial charge in [-0.05, 0) is 18.7 Å². The van der Waals surface area contributed by atoms with Gasteiger partial charge in [0, 0.05) is 19.6 Å². The van der Waals surface area contributed by atoms with Crippen molar-refractivity contribution in [2.75, 3.05) is 20.1 Å². The maximum absolute atomic E-state index is 8.87. The molecule has 1 rings (SSSR count). The SMILES string of the molecule is CN(CCN)Cc1ccccc1C#N. The summed E-state index contributed by atoms with van der Waals surface area (Å²) in [6.07, 6.45) is 0. The molecule has 1 aromatic carbocycles. The van der Waals surface area contributed by atoms with E-state index >= 15 is 0 Å². The largest absolute Gasteiger partial charge is 0.329 e. The maximum atomic E-state index is 8.87. The fourth-order valence-corrected chi connectivity index (χ4v) is 1.36. The van der Waals surface area contributed by atoms with Gasteiger partial charge in [-0.15, -0.1) is 0 Å². The van der Waals surface area contributed by atoms with E-state index in [1.165, 1.54) is 0 Å². The number of rotatable bonds is 4. The molecule has 0 radical (unpaired) electrons. The van der Waals surface area contributed by atoms with Crippen LogP contribution in [0.5, 0.6) is 0 Å². The molecule has 0 unspecified atom stereocenters. The molecule has 3 nitrogen and oxygen atoms in total. The summed E-state index contributed by atoms with van der Waals surface area (Å²) in [7, 11) is 2.00. The van der Waals surface area contributed by atoms with Crippen molar-refractivity contribution in [3.8, 4) is 6.07 Å². The lowest BCUT2D eigenvalue weighted by atomic mass is 10.1. The van der Waals surface area contributed by atoms with Gasteiger partial charge in [0.25, 0.3) is 0 Å². The number of hydrogen-bond acceptors (Lipinski definition) is 3. The lowest BCUT2D eigenvalue weighted by Gasteiger charge is -2.15. The molecular formula is C11H15N3. The van der Waals surface area contributed by atoms with E-state index in [9.17, 15) is 0 Å². The van der Waals surface area contributed by atoms with Gasteiger partial charge in [0.1, 0.15) is 0 Å². The topological polar surface area (TPSA) is 53.0 Å². The van der Waals surface area contributed by atoms with Crippen molar-refractivity contribution >= 4 is 0 Å². The highest BCUT2D eigenvalue weighted by atomic mass is 15.1. The standard InChI is InChI=1S/C11H15N3/c1-14(7-6-12)9-11-5-3-2-4-10(11)8-13/h2-5H,6-7,9,12H2,1H3. The lowest BCUT2D eigenvalue weighted by Crippen LogP contribution is -2.25. The molecule has 0 fully saturated rings. The number of nitriles is 1. The summed E-state index contributed by atoms with van der Waals surface area (Å²) in [6.45, 7) is 2.27. The second-order valence-electron chi connectivity index (χ2n) is 3.30. The van der Waals surface area contributed by atoms with Crippen LogP contribution in [0.2, 0.25) is 0 Å². The van der Waals surface area contributed by atoms with Gasteiger partial charge in [-0.2, -0.15) is 5.26 Å². The highest BCUT2D eigenvalue weighted by Crippen LogP contribution is 2.09. The number of hydrogen-bond donors (Lipinski definition) is 1. The molecular weight excluding hydrogens is 174 g/mol. The van der Waals surface area contributed by atoms with Gasteiger partial charge < -0.3 is 10.6 Å². The first kappa shape index (κ1) is 10.7. The quantitative estimate of drug-likeness (QED) is 0.767. The van der Waals surface area contributed by atoms with E-state index in [1.807, 2.05) is 31.3 Å². The molecule has 0 amide bonds. The third-order valence-electron chi connectivity index (χ3n) is 2.09. The minimum absolute atomic E-state index is 0.644. The zero-order chi connectivity index (χ0) is 10.4. The van der Waals surface area contributed by atoms with E-state index in [4.69, 9.17) is 11.0 Å². The molecule has 3 heteroatoms. The van der Waals surface area contributed by atoms with Crippen molar-refractivity contribution in [1.82, 2.24) is 4.90 Å². The highest BCUT2D eigenvalue weighted by Gasteiger charge is 2.03. The third kappa shape index (κ3) is 2.84. The Hall–Kier alpha value is -1.37. The highest BCUT2D eigenvalue weighted by molar-refractivity contribution is 5.37. The summed E-state index contributed by atoms with van der Waals surface area (Å²) in [4.78, 5) is 2.11. The van der Waals surface area contributed by atoms with Gasteiger partial charge in [-0.3, -0.25) is 0 Å². The maximum Gasteiger partial charge on any atom is 0.0995 e. The molecule has 14 heavy (non-hydrogen) atoms. The van der Waals surface area contributed by atoms with Gasteiger partial charge in [0.2, 0.25) is 0 Å². The summed E-state index contributed by atoms with van der Waals surface area (Å²) >= 11 is 0. The van der Waals surface area contributed by atoms with Crippen LogP contribution in [-0.4, -0.2) is 25.0 Å². The Kier molecular flexibility index (Phi) is 4.11. The zero-order valence-electron chi connectivity index (χ0n) is 8.40. The molecule has 0 aliphatic heterocycles. The average molecular weight is 189 g/mol. The van der Waals surface area contributed by atoms with Crippen molar-refractivity contribution in [1.29, 1.82) is 5.26 Å². The predicted molar refractivity (Wildman–Crippen MR) is 56.5 cm³/mol. The Morgan fingerprint density at radius 1 is 1.43 bits per heavy atom. The fraction of sp³-hybridized carbons (Fsp3) is 0.364. The fourth-order valence-electron chi connectivity index (χ4n) is 1.36. The van der Waals surface area contributed by atoms with E-state index < -0.39 is 0 Å². The van der Waals surface area contributed by atoms with Crippen LogP contribution >= 0.6 is 0 Å². The molecule has 0 spiro atoms. The Morgan fingerprint density at radius 2 is 2.14 bits per heavy atom. The smallest absolute Gasteiger partial charge is 0.0995 e. The molecule has 0 saturated heterocycles. The summed E-state index contributed by atoms with van der Waals surface area (Å²) in [6, 6.07) is 9.83. The van der Waals surface area contributed by atoms with Crippen molar-refractivity contribution in [3.05, 3.63) is 35.4 Å². The Bertz CT molecular complexity index is 328. The summed E-state index contributed by atoms with van der Waals surface area (Å²) in [5.41, 5.74) is 7.25. The van der Waals surface area contributed by atoms with Crippen LogP contribution in [0, 0.1) is 11.3 Å². The molecule has 0 bridgehead atoms. The number of likely N-dealkylation sites (N-methyl/N-ethyl adjacent to an activating group) is 1. The van der Waals surface area contributed by atoms with E-state index in [2.05, 4.69) is 11.0 Å². The van der Waals surface area contributed by atoms with Crippen molar-refractivity contribution < 1.29 is 0 Å². The average Bonchev–Trinajstić information content (AvgIpc) is 2.19. The van der Waals surface area contributed by atoms with Crippen LogP contribution in [0.1, 0.15) is 11.1 Å². The number of nitrogens with two attached hydrogens (primary N) is 1.